The number of hydrogen-bond acceptors (Lipinski definition) is 4. The summed E-state index contributed by atoms with van der Waals surface area (Å²) in [6, 6.07) is 0. The van der Waals surface area contributed by atoms with Crippen LogP contribution >= 0.6 is 0 Å². The molecule has 4 N–H and O–H groups in total. The molecule has 5 nitrogen and oxygen atoms in total. The molecule has 0 bridgehead atoms. The molecule has 0 aromatic rings. The SMILES string of the molecule is CC(C)=C(C(=O)O)C(CO)(CO)CO. The van der Waals surface area contributed by atoms with Gasteiger partial charge in [0.15, 0.2) is 0 Å². The molecule has 14 heavy (non-hydrogen) atoms. The first-order valence-corrected chi connectivity index (χ1v) is 4.19. The normalized spacial score (nSPS) is 11.2. The van der Waals surface area contributed by atoms with Gasteiger partial charge in [-0.25, -0.2) is 4.79 Å². The molecule has 0 heterocycles. The second kappa shape index (κ2) is 5.09. The summed E-state index contributed by atoms with van der Waals surface area (Å²) < 4.78 is 0. The number of carboxylic acids is 1. The van der Waals surface area contributed by atoms with E-state index in [0.717, 1.165) is 0 Å². The molecule has 0 unspecified atom stereocenters. The Morgan fingerprint density at radius 3 is 1.50 bits per heavy atom. The Kier molecular flexibility index (Phi) is 4.76. The third-order valence-corrected chi connectivity index (χ3v) is 2.15. The Morgan fingerprint density at radius 1 is 1.07 bits per heavy atom. The summed E-state index contributed by atoms with van der Waals surface area (Å²) in [5, 5.41) is 36.0. The fraction of sp³-hybridized carbons (Fsp3) is 0.667. The molecule has 5 heteroatoms. The van der Waals surface area contributed by atoms with Crippen LogP contribution in [0.3, 0.4) is 0 Å². The summed E-state index contributed by atoms with van der Waals surface area (Å²) >= 11 is 0. The van der Waals surface area contributed by atoms with Crippen LogP contribution in [0.4, 0.5) is 0 Å². The van der Waals surface area contributed by atoms with Crippen LogP contribution < -0.4 is 0 Å². The van der Waals surface area contributed by atoms with Crippen molar-refractivity contribution in [3.05, 3.63) is 11.1 Å². The molecule has 0 aliphatic carbocycles. The fourth-order valence-corrected chi connectivity index (χ4v) is 1.36. The maximum absolute atomic E-state index is 10.9. The van der Waals surface area contributed by atoms with E-state index < -0.39 is 31.2 Å². The van der Waals surface area contributed by atoms with Gasteiger partial charge < -0.3 is 20.4 Å². The van der Waals surface area contributed by atoms with Crippen molar-refractivity contribution in [1.29, 1.82) is 0 Å². The van der Waals surface area contributed by atoms with E-state index in [2.05, 4.69) is 0 Å². The third-order valence-electron chi connectivity index (χ3n) is 2.15. The van der Waals surface area contributed by atoms with Crippen LogP contribution in [0, 0.1) is 5.41 Å². The van der Waals surface area contributed by atoms with Crippen molar-refractivity contribution in [2.24, 2.45) is 5.41 Å². The van der Waals surface area contributed by atoms with E-state index >= 15 is 0 Å². The molecule has 0 aromatic heterocycles. The van der Waals surface area contributed by atoms with Crippen molar-refractivity contribution in [2.45, 2.75) is 13.8 Å². The quantitative estimate of drug-likeness (QED) is 0.447. The van der Waals surface area contributed by atoms with Gasteiger partial charge in [-0.3, -0.25) is 0 Å². The number of aliphatic carboxylic acids is 1. The second-order valence-electron chi connectivity index (χ2n) is 3.43. The van der Waals surface area contributed by atoms with Gasteiger partial charge in [0.05, 0.1) is 25.2 Å². The molecule has 82 valence electrons. The largest absolute Gasteiger partial charge is 0.478 e. The highest BCUT2D eigenvalue weighted by atomic mass is 16.4. The van der Waals surface area contributed by atoms with Gasteiger partial charge in [-0.1, -0.05) is 5.57 Å². The van der Waals surface area contributed by atoms with Crippen LogP contribution in [0.5, 0.6) is 0 Å². The third kappa shape index (κ3) is 2.31. The topological polar surface area (TPSA) is 98.0 Å². The zero-order valence-electron chi connectivity index (χ0n) is 8.32. The van der Waals surface area contributed by atoms with Crippen molar-refractivity contribution in [2.75, 3.05) is 19.8 Å². The number of carbonyl (C=O) groups is 1. The lowest BCUT2D eigenvalue weighted by Gasteiger charge is -2.29. The van der Waals surface area contributed by atoms with E-state index in [4.69, 9.17) is 20.4 Å². The van der Waals surface area contributed by atoms with Crippen LogP contribution in [0.15, 0.2) is 11.1 Å². The maximum atomic E-state index is 10.9. The van der Waals surface area contributed by atoms with Gasteiger partial charge in [0, 0.05) is 5.57 Å². The number of aliphatic hydroxyl groups is 3. The average Bonchev–Trinajstić information content (AvgIpc) is 2.12. The summed E-state index contributed by atoms with van der Waals surface area (Å²) in [6.07, 6.45) is 0. The minimum Gasteiger partial charge on any atom is -0.478 e. The molecule has 0 spiro atoms. The van der Waals surface area contributed by atoms with E-state index in [1.54, 1.807) is 13.8 Å². The van der Waals surface area contributed by atoms with E-state index in [9.17, 15) is 4.79 Å². The van der Waals surface area contributed by atoms with E-state index in [1.165, 1.54) is 0 Å². The molecule has 0 rings (SSSR count). The van der Waals surface area contributed by atoms with E-state index in [0.29, 0.717) is 5.57 Å². The van der Waals surface area contributed by atoms with Crippen molar-refractivity contribution in [1.82, 2.24) is 0 Å². The lowest BCUT2D eigenvalue weighted by molar-refractivity contribution is -0.135. The van der Waals surface area contributed by atoms with Crippen molar-refractivity contribution < 1.29 is 25.2 Å². The number of rotatable bonds is 5. The maximum Gasteiger partial charge on any atom is 0.332 e. The highest BCUT2D eigenvalue weighted by Gasteiger charge is 2.37. The summed E-state index contributed by atoms with van der Waals surface area (Å²) in [5.74, 6) is -1.23. The van der Waals surface area contributed by atoms with Crippen molar-refractivity contribution in [3.63, 3.8) is 0 Å². The lowest BCUT2D eigenvalue weighted by Crippen LogP contribution is -2.39. The van der Waals surface area contributed by atoms with Gasteiger partial charge in [-0.05, 0) is 13.8 Å². The summed E-state index contributed by atoms with van der Waals surface area (Å²) in [4.78, 5) is 10.9. The predicted molar refractivity (Wildman–Crippen MR) is 49.7 cm³/mol. The predicted octanol–water partition coefficient (Wildman–Crippen LogP) is -0.629. The Bertz CT molecular complexity index is 227. The molecule has 0 aliphatic rings. The number of aliphatic hydroxyl groups excluding tert-OH is 3. The number of hydrogen-bond donors (Lipinski definition) is 4. The molecule has 0 radical (unpaired) electrons. The molecule has 0 aliphatic heterocycles. The molecule has 0 atom stereocenters. The van der Waals surface area contributed by atoms with Gasteiger partial charge in [0.2, 0.25) is 0 Å². The molecular weight excluding hydrogens is 188 g/mol. The summed E-state index contributed by atoms with van der Waals surface area (Å²) in [6.45, 7) is 1.30. The molecule has 0 fully saturated rings. The van der Waals surface area contributed by atoms with Crippen LogP contribution in [0.2, 0.25) is 0 Å². The highest BCUT2D eigenvalue weighted by Crippen LogP contribution is 2.28. The smallest absolute Gasteiger partial charge is 0.332 e. The van der Waals surface area contributed by atoms with Gasteiger partial charge in [-0.2, -0.15) is 0 Å². The van der Waals surface area contributed by atoms with Crippen LogP contribution in [-0.2, 0) is 4.79 Å². The summed E-state index contributed by atoms with van der Waals surface area (Å²) in [5.41, 5.74) is -1.15. The average molecular weight is 204 g/mol. The van der Waals surface area contributed by atoms with Crippen molar-refractivity contribution >= 4 is 5.97 Å². The second-order valence-corrected chi connectivity index (χ2v) is 3.43. The minimum absolute atomic E-state index is 0.134. The molecule has 0 saturated carbocycles. The van der Waals surface area contributed by atoms with E-state index in [1.807, 2.05) is 0 Å². The highest BCUT2D eigenvalue weighted by molar-refractivity contribution is 5.89. The lowest BCUT2D eigenvalue weighted by atomic mass is 9.80. The zero-order chi connectivity index (χ0) is 11.4. The van der Waals surface area contributed by atoms with Gasteiger partial charge in [0.1, 0.15) is 0 Å². The van der Waals surface area contributed by atoms with Crippen LogP contribution in [0.25, 0.3) is 0 Å². The Hall–Kier alpha value is -0.910. The monoisotopic (exact) mass is 204 g/mol. The summed E-state index contributed by atoms with van der Waals surface area (Å²) in [7, 11) is 0. The molecule has 0 saturated heterocycles. The number of carboxylic acid groups (broad SMARTS) is 1. The Labute approximate surface area is 82.3 Å². The molecule has 0 aromatic carbocycles. The van der Waals surface area contributed by atoms with Crippen LogP contribution in [-0.4, -0.2) is 46.2 Å². The molecular formula is C9H16O5. The standard InChI is InChI=1S/C9H16O5/c1-6(2)7(8(13)14)9(3-10,4-11)5-12/h10-12H,3-5H2,1-2H3,(H,13,14). The minimum atomic E-state index is -1.47. The van der Waals surface area contributed by atoms with Gasteiger partial charge in [-0.15, -0.1) is 0 Å². The molecule has 0 amide bonds. The van der Waals surface area contributed by atoms with Crippen LogP contribution in [0.1, 0.15) is 13.8 Å². The zero-order valence-corrected chi connectivity index (χ0v) is 8.32. The first-order chi connectivity index (χ1) is 6.45. The fourth-order valence-electron chi connectivity index (χ4n) is 1.36. The Balaban J connectivity index is 5.36. The van der Waals surface area contributed by atoms with E-state index in [-0.39, 0.29) is 5.57 Å². The van der Waals surface area contributed by atoms with Gasteiger partial charge in [0.25, 0.3) is 0 Å². The van der Waals surface area contributed by atoms with Crippen molar-refractivity contribution in [3.8, 4) is 0 Å². The first kappa shape index (κ1) is 13.1. The first-order valence-electron chi connectivity index (χ1n) is 4.19. The Morgan fingerprint density at radius 2 is 1.43 bits per heavy atom. The van der Waals surface area contributed by atoms with Gasteiger partial charge >= 0.3 is 5.97 Å². The number of allylic oxidation sites excluding steroid dienone is 1.